The zero-order valence-corrected chi connectivity index (χ0v) is 8.55. The van der Waals surface area contributed by atoms with Crippen molar-refractivity contribution in [1.82, 2.24) is 0 Å². The second-order valence-corrected chi connectivity index (χ2v) is 3.81. The summed E-state index contributed by atoms with van der Waals surface area (Å²) < 4.78 is 5.29. The number of hydrogen-bond acceptors (Lipinski definition) is 2. The average Bonchev–Trinajstić information content (AvgIpc) is 2.65. The summed E-state index contributed by atoms with van der Waals surface area (Å²) >= 11 is 0. The molecule has 0 radical (unpaired) electrons. The van der Waals surface area contributed by atoms with Crippen molar-refractivity contribution in [3.63, 3.8) is 0 Å². The number of carbonyl (C=O) groups excluding carboxylic acids is 1. The number of Topliss-reactive ketones (excluding diaryl/α,β-unsaturated/α-hetero) is 1. The van der Waals surface area contributed by atoms with Gasteiger partial charge in [0, 0.05) is 18.9 Å². The Labute approximate surface area is 80.7 Å². The highest BCUT2D eigenvalue weighted by Gasteiger charge is 2.21. The fraction of sp³-hybridized carbons (Fsp3) is 0.909. The second-order valence-electron chi connectivity index (χ2n) is 3.81. The van der Waals surface area contributed by atoms with E-state index in [0.717, 1.165) is 25.9 Å². The molecule has 1 fully saturated rings. The van der Waals surface area contributed by atoms with Crippen molar-refractivity contribution in [2.24, 2.45) is 5.92 Å². The van der Waals surface area contributed by atoms with Gasteiger partial charge in [0.05, 0.1) is 6.61 Å². The first-order valence-corrected chi connectivity index (χ1v) is 5.45. The third kappa shape index (κ3) is 3.90. The lowest BCUT2D eigenvalue weighted by Gasteiger charge is -2.07. The molecule has 0 aromatic heterocycles. The van der Waals surface area contributed by atoms with Gasteiger partial charge >= 0.3 is 0 Å². The number of ether oxygens (including phenoxy) is 1. The predicted molar refractivity (Wildman–Crippen MR) is 52.7 cm³/mol. The van der Waals surface area contributed by atoms with Crippen LogP contribution in [0.1, 0.15) is 45.4 Å². The minimum Gasteiger partial charge on any atom is -0.381 e. The summed E-state index contributed by atoms with van der Waals surface area (Å²) in [5.41, 5.74) is 0. The number of ketones is 1. The normalized spacial score (nSPS) is 17.9. The standard InChI is InChI=1S/C11H20O2/c1-2-8-13-9-7-11(12)10-5-3-4-6-10/h10H,2-9H2,1H3. The van der Waals surface area contributed by atoms with Gasteiger partial charge in [-0.1, -0.05) is 19.8 Å². The molecule has 2 heteroatoms. The minimum absolute atomic E-state index is 0.366. The third-order valence-corrected chi connectivity index (χ3v) is 2.65. The van der Waals surface area contributed by atoms with E-state index in [-0.39, 0.29) is 0 Å². The van der Waals surface area contributed by atoms with E-state index in [9.17, 15) is 4.79 Å². The van der Waals surface area contributed by atoms with E-state index in [1.54, 1.807) is 0 Å². The lowest BCUT2D eigenvalue weighted by molar-refractivity contribution is -0.123. The fourth-order valence-electron chi connectivity index (χ4n) is 1.87. The molecule has 1 aliphatic carbocycles. The molecule has 2 nitrogen and oxygen atoms in total. The van der Waals surface area contributed by atoms with Crippen molar-refractivity contribution >= 4 is 5.78 Å². The number of carbonyl (C=O) groups is 1. The Balaban J connectivity index is 2.03. The minimum atomic E-state index is 0.366. The smallest absolute Gasteiger partial charge is 0.138 e. The average molecular weight is 184 g/mol. The molecular weight excluding hydrogens is 164 g/mol. The van der Waals surface area contributed by atoms with Crippen LogP contribution < -0.4 is 0 Å². The van der Waals surface area contributed by atoms with Crippen LogP contribution in [0.15, 0.2) is 0 Å². The first-order chi connectivity index (χ1) is 6.34. The molecule has 76 valence electrons. The van der Waals surface area contributed by atoms with E-state index in [1.165, 1.54) is 12.8 Å². The second kappa shape index (κ2) is 6.14. The molecule has 0 heterocycles. The zero-order valence-electron chi connectivity index (χ0n) is 8.55. The van der Waals surface area contributed by atoms with Crippen LogP contribution >= 0.6 is 0 Å². The zero-order chi connectivity index (χ0) is 9.52. The van der Waals surface area contributed by atoms with Gasteiger partial charge in [0.15, 0.2) is 0 Å². The van der Waals surface area contributed by atoms with Gasteiger partial charge in [0.25, 0.3) is 0 Å². The lowest BCUT2D eigenvalue weighted by Crippen LogP contribution is -2.13. The Morgan fingerprint density at radius 2 is 2.00 bits per heavy atom. The summed E-state index contributed by atoms with van der Waals surface area (Å²) in [7, 11) is 0. The maximum atomic E-state index is 11.5. The van der Waals surface area contributed by atoms with Crippen LogP contribution in [0.25, 0.3) is 0 Å². The Kier molecular flexibility index (Phi) is 5.06. The van der Waals surface area contributed by atoms with E-state index in [0.29, 0.717) is 24.7 Å². The molecular formula is C11H20O2. The monoisotopic (exact) mass is 184 g/mol. The molecule has 0 N–H and O–H groups in total. The van der Waals surface area contributed by atoms with E-state index >= 15 is 0 Å². The predicted octanol–water partition coefficient (Wildman–Crippen LogP) is 2.56. The van der Waals surface area contributed by atoms with Gasteiger partial charge in [-0.05, 0) is 19.3 Å². The quantitative estimate of drug-likeness (QED) is 0.593. The van der Waals surface area contributed by atoms with Crippen molar-refractivity contribution in [2.45, 2.75) is 45.4 Å². The van der Waals surface area contributed by atoms with E-state index in [2.05, 4.69) is 6.92 Å². The van der Waals surface area contributed by atoms with Crippen LogP contribution in [0.4, 0.5) is 0 Å². The molecule has 0 aromatic carbocycles. The Morgan fingerprint density at radius 3 is 2.62 bits per heavy atom. The summed E-state index contributed by atoms with van der Waals surface area (Å²) in [5, 5.41) is 0. The molecule has 0 spiro atoms. The van der Waals surface area contributed by atoms with Crippen molar-refractivity contribution in [1.29, 1.82) is 0 Å². The number of hydrogen-bond donors (Lipinski definition) is 0. The first-order valence-electron chi connectivity index (χ1n) is 5.45. The van der Waals surface area contributed by atoms with Crippen molar-refractivity contribution in [2.75, 3.05) is 13.2 Å². The van der Waals surface area contributed by atoms with E-state index in [1.807, 2.05) is 0 Å². The molecule has 0 amide bonds. The molecule has 1 rings (SSSR count). The summed E-state index contributed by atoms with van der Waals surface area (Å²) in [4.78, 5) is 11.5. The number of rotatable bonds is 6. The molecule has 0 unspecified atom stereocenters. The maximum Gasteiger partial charge on any atom is 0.138 e. The van der Waals surface area contributed by atoms with Crippen LogP contribution in [0.3, 0.4) is 0 Å². The summed E-state index contributed by atoms with van der Waals surface area (Å²) in [5.74, 6) is 0.791. The van der Waals surface area contributed by atoms with Crippen LogP contribution in [-0.4, -0.2) is 19.0 Å². The summed E-state index contributed by atoms with van der Waals surface area (Å²) in [6, 6.07) is 0. The highest BCUT2D eigenvalue weighted by atomic mass is 16.5. The molecule has 0 aliphatic heterocycles. The highest BCUT2D eigenvalue weighted by Crippen LogP contribution is 2.26. The van der Waals surface area contributed by atoms with Gasteiger partial charge in [0.2, 0.25) is 0 Å². The van der Waals surface area contributed by atoms with Gasteiger partial charge < -0.3 is 4.74 Å². The van der Waals surface area contributed by atoms with Crippen LogP contribution in [0.2, 0.25) is 0 Å². The largest absolute Gasteiger partial charge is 0.381 e. The Bertz CT molecular complexity index is 148. The highest BCUT2D eigenvalue weighted by molar-refractivity contribution is 5.81. The molecule has 0 atom stereocenters. The maximum absolute atomic E-state index is 11.5. The van der Waals surface area contributed by atoms with Crippen LogP contribution in [0.5, 0.6) is 0 Å². The van der Waals surface area contributed by atoms with Gasteiger partial charge in [-0.15, -0.1) is 0 Å². The SMILES string of the molecule is CCCOCCC(=O)C1CCCC1. The van der Waals surface area contributed by atoms with Crippen molar-refractivity contribution in [3.05, 3.63) is 0 Å². The van der Waals surface area contributed by atoms with Gasteiger partial charge in [-0.25, -0.2) is 0 Å². The molecule has 0 aromatic rings. The molecule has 0 saturated heterocycles. The van der Waals surface area contributed by atoms with Crippen LogP contribution in [-0.2, 0) is 9.53 Å². The fourth-order valence-corrected chi connectivity index (χ4v) is 1.87. The Hall–Kier alpha value is -0.370. The van der Waals surface area contributed by atoms with Gasteiger partial charge in [-0.2, -0.15) is 0 Å². The molecule has 1 aliphatic rings. The van der Waals surface area contributed by atoms with Crippen molar-refractivity contribution in [3.8, 4) is 0 Å². The third-order valence-electron chi connectivity index (χ3n) is 2.65. The summed E-state index contributed by atoms with van der Waals surface area (Å²) in [6.45, 7) is 3.50. The summed E-state index contributed by atoms with van der Waals surface area (Å²) in [6.07, 6.45) is 6.39. The topological polar surface area (TPSA) is 26.3 Å². The van der Waals surface area contributed by atoms with Gasteiger partial charge in [-0.3, -0.25) is 4.79 Å². The molecule has 1 saturated carbocycles. The molecule has 0 bridgehead atoms. The van der Waals surface area contributed by atoms with E-state index in [4.69, 9.17) is 4.74 Å². The Morgan fingerprint density at radius 1 is 1.31 bits per heavy atom. The van der Waals surface area contributed by atoms with Gasteiger partial charge in [0.1, 0.15) is 5.78 Å². The van der Waals surface area contributed by atoms with E-state index < -0.39 is 0 Å². The van der Waals surface area contributed by atoms with Crippen LogP contribution in [0, 0.1) is 5.92 Å². The van der Waals surface area contributed by atoms with Crippen molar-refractivity contribution < 1.29 is 9.53 Å². The lowest BCUT2D eigenvalue weighted by atomic mass is 10.0. The molecule has 13 heavy (non-hydrogen) atoms. The first kappa shape index (κ1) is 10.7.